The summed E-state index contributed by atoms with van der Waals surface area (Å²) < 4.78 is 15.6. The Hall–Kier alpha value is -2.87. The van der Waals surface area contributed by atoms with Gasteiger partial charge in [0.1, 0.15) is 16.5 Å². The maximum atomic E-state index is 11.3. The predicted molar refractivity (Wildman–Crippen MR) is 106 cm³/mol. The van der Waals surface area contributed by atoms with E-state index < -0.39 is 0 Å². The number of fused-ring (bicyclic) bond motifs is 1. The lowest BCUT2D eigenvalue weighted by Crippen LogP contribution is -2.00. The van der Waals surface area contributed by atoms with Crippen LogP contribution in [0.1, 0.15) is 30.8 Å². The van der Waals surface area contributed by atoms with Gasteiger partial charge in [-0.25, -0.2) is 9.97 Å². The van der Waals surface area contributed by atoms with E-state index in [0.717, 1.165) is 64.2 Å². The zero-order chi connectivity index (χ0) is 19.5. The van der Waals surface area contributed by atoms with E-state index in [2.05, 4.69) is 14.7 Å². The average Bonchev–Trinajstić information content (AvgIpc) is 3.43. The van der Waals surface area contributed by atoms with E-state index >= 15 is 0 Å². The highest BCUT2D eigenvalue weighted by Crippen LogP contribution is 2.39. The molecule has 4 rings (SSSR count). The third kappa shape index (κ3) is 3.87. The van der Waals surface area contributed by atoms with Crippen molar-refractivity contribution in [2.24, 2.45) is 0 Å². The number of aromatic nitrogens is 3. The fourth-order valence-corrected chi connectivity index (χ4v) is 3.88. The molecule has 3 heterocycles. The van der Waals surface area contributed by atoms with Crippen LogP contribution in [0.15, 0.2) is 23.6 Å². The zero-order valence-corrected chi connectivity index (χ0v) is 16.6. The van der Waals surface area contributed by atoms with Crippen molar-refractivity contribution in [1.29, 1.82) is 0 Å². The van der Waals surface area contributed by atoms with Crippen molar-refractivity contribution >= 4 is 17.3 Å². The van der Waals surface area contributed by atoms with Crippen LogP contribution < -0.4 is 9.47 Å². The summed E-state index contributed by atoms with van der Waals surface area (Å²) in [5, 5.41) is 2.92. The number of benzene rings is 1. The first kappa shape index (κ1) is 18.5. The van der Waals surface area contributed by atoms with Crippen molar-refractivity contribution < 1.29 is 19.0 Å². The number of aryl methyl sites for hydroxylation is 2. The highest BCUT2D eigenvalue weighted by atomic mass is 32.1. The minimum Gasteiger partial charge on any atom is -0.469 e. The lowest BCUT2D eigenvalue weighted by molar-refractivity contribution is -0.140. The molecule has 2 aromatic heterocycles. The molecule has 1 N–H and O–H groups in total. The van der Waals surface area contributed by atoms with Gasteiger partial charge in [0.05, 0.1) is 12.8 Å². The number of imidazole rings is 1. The fraction of sp³-hybridized carbons (Fsp3) is 0.350. The van der Waals surface area contributed by atoms with E-state index in [1.54, 1.807) is 11.3 Å². The number of hydrogen-bond acceptors (Lipinski definition) is 7. The smallest absolute Gasteiger partial charge is 0.305 e. The first-order valence-electron chi connectivity index (χ1n) is 9.12. The average molecular weight is 399 g/mol. The number of unbranched alkanes of at least 4 members (excludes halogenated alkanes) is 1. The lowest BCUT2D eigenvalue weighted by atomic mass is 10.1. The van der Waals surface area contributed by atoms with Crippen molar-refractivity contribution in [1.82, 2.24) is 15.0 Å². The summed E-state index contributed by atoms with van der Waals surface area (Å²) in [5.41, 5.74) is 3.67. The van der Waals surface area contributed by atoms with Gasteiger partial charge in [0.15, 0.2) is 11.5 Å². The number of nitrogens with one attached hydrogen (secondary N) is 1. The summed E-state index contributed by atoms with van der Waals surface area (Å²) >= 11 is 1.59. The minimum atomic E-state index is -0.181. The van der Waals surface area contributed by atoms with Crippen molar-refractivity contribution in [2.75, 3.05) is 13.9 Å². The van der Waals surface area contributed by atoms with Crippen molar-refractivity contribution in [2.45, 2.75) is 32.6 Å². The summed E-state index contributed by atoms with van der Waals surface area (Å²) in [4.78, 5) is 24.1. The maximum absolute atomic E-state index is 11.3. The number of methoxy groups -OCH3 is 1. The number of hydrogen-bond donors (Lipinski definition) is 1. The van der Waals surface area contributed by atoms with Crippen LogP contribution in [0.4, 0.5) is 0 Å². The van der Waals surface area contributed by atoms with Crippen LogP contribution in [0.25, 0.3) is 22.0 Å². The van der Waals surface area contributed by atoms with Gasteiger partial charge in [-0.3, -0.25) is 4.79 Å². The van der Waals surface area contributed by atoms with Crippen molar-refractivity contribution in [3.63, 3.8) is 0 Å². The Kier molecular flexibility index (Phi) is 5.29. The van der Waals surface area contributed by atoms with Gasteiger partial charge in [0, 0.05) is 29.5 Å². The molecule has 1 aliphatic heterocycles. The van der Waals surface area contributed by atoms with Crippen molar-refractivity contribution in [3.05, 3.63) is 35.1 Å². The number of aromatic amines is 1. The number of esters is 1. The fourth-order valence-electron chi connectivity index (χ4n) is 3.08. The summed E-state index contributed by atoms with van der Waals surface area (Å²) in [6, 6.07) is 5.83. The van der Waals surface area contributed by atoms with Crippen LogP contribution in [0, 0.1) is 6.92 Å². The highest BCUT2D eigenvalue weighted by Gasteiger charge is 2.20. The third-order valence-corrected chi connectivity index (χ3v) is 5.48. The molecule has 0 radical (unpaired) electrons. The number of carbonyl (C=O) groups is 1. The number of carbonyl (C=O) groups excluding carboxylic acids is 1. The number of nitrogens with zero attached hydrogens (tertiary/aromatic N) is 2. The maximum Gasteiger partial charge on any atom is 0.305 e. The minimum absolute atomic E-state index is 0.181. The van der Waals surface area contributed by atoms with E-state index in [1.807, 2.05) is 30.5 Å². The van der Waals surface area contributed by atoms with Gasteiger partial charge in [-0.05, 0) is 38.0 Å². The molecule has 0 unspecified atom stereocenters. The molecule has 8 heteroatoms. The second-order valence-corrected chi connectivity index (χ2v) is 7.41. The Balaban J connectivity index is 1.60. The molecule has 1 aliphatic rings. The number of H-pyrrole nitrogens is 1. The Bertz CT molecular complexity index is 995. The van der Waals surface area contributed by atoms with Gasteiger partial charge in [-0.2, -0.15) is 0 Å². The summed E-state index contributed by atoms with van der Waals surface area (Å²) in [6.45, 7) is 2.22. The number of ether oxygens (including phenoxy) is 3. The quantitative estimate of drug-likeness (QED) is 0.475. The first-order valence-corrected chi connectivity index (χ1v) is 10.00. The predicted octanol–water partition coefficient (Wildman–Crippen LogP) is 4.12. The molecule has 146 valence electrons. The molecule has 0 spiro atoms. The molecule has 7 nitrogen and oxygen atoms in total. The van der Waals surface area contributed by atoms with Crippen molar-refractivity contribution in [3.8, 4) is 33.5 Å². The first-order chi connectivity index (χ1) is 13.6. The van der Waals surface area contributed by atoms with Crippen LogP contribution in [0.5, 0.6) is 11.5 Å². The van der Waals surface area contributed by atoms with E-state index in [9.17, 15) is 4.79 Å². The second-order valence-electron chi connectivity index (χ2n) is 6.55. The summed E-state index contributed by atoms with van der Waals surface area (Å²) in [6.07, 6.45) is 2.78. The van der Waals surface area contributed by atoms with Gasteiger partial charge in [0.25, 0.3) is 0 Å². The van der Waals surface area contributed by atoms with Gasteiger partial charge in [0.2, 0.25) is 6.79 Å². The Morgan fingerprint density at radius 3 is 2.89 bits per heavy atom. The Morgan fingerprint density at radius 1 is 1.25 bits per heavy atom. The van der Waals surface area contributed by atoms with Crippen LogP contribution in [0.3, 0.4) is 0 Å². The van der Waals surface area contributed by atoms with Gasteiger partial charge in [-0.1, -0.05) is 0 Å². The highest BCUT2D eigenvalue weighted by molar-refractivity contribution is 7.13. The van der Waals surface area contributed by atoms with Gasteiger partial charge in [-0.15, -0.1) is 11.3 Å². The molecule has 0 saturated heterocycles. The summed E-state index contributed by atoms with van der Waals surface area (Å²) in [5.74, 6) is 2.16. The second kappa shape index (κ2) is 8.02. The zero-order valence-electron chi connectivity index (χ0n) is 15.8. The Labute approximate surface area is 166 Å². The van der Waals surface area contributed by atoms with Gasteiger partial charge < -0.3 is 19.2 Å². The third-order valence-electron chi connectivity index (χ3n) is 4.50. The molecule has 0 saturated carbocycles. The van der Waals surface area contributed by atoms with E-state index in [1.165, 1.54) is 7.11 Å². The molecule has 0 aliphatic carbocycles. The number of rotatable bonds is 7. The molecule has 0 amide bonds. The Morgan fingerprint density at radius 2 is 2.11 bits per heavy atom. The van der Waals surface area contributed by atoms with Crippen LogP contribution in [-0.2, 0) is 16.0 Å². The largest absolute Gasteiger partial charge is 0.469 e. The monoisotopic (exact) mass is 399 g/mol. The molecule has 0 bridgehead atoms. The lowest BCUT2D eigenvalue weighted by Gasteiger charge is -2.02. The standard InChI is InChI=1S/C20H21N3O4S/c1-12-10-28-20(21-12)19-18(13-7-8-14-15(9-13)27-11-26-14)22-16(23-19)5-3-4-6-17(24)25-2/h7-10H,3-6,11H2,1-2H3,(H,22,23). The normalized spacial score (nSPS) is 12.4. The molecule has 1 aromatic carbocycles. The molecule has 0 fully saturated rings. The van der Waals surface area contributed by atoms with E-state index in [4.69, 9.17) is 14.5 Å². The van der Waals surface area contributed by atoms with Crippen LogP contribution in [-0.4, -0.2) is 34.8 Å². The molecular formula is C20H21N3O4S. The summed E-state index contributed by atoms with van der Waals surface area (Å²) in [7, 11) is 1.41. The molecule has 28 heavy (non-hydrogen) atoms. The topological polar surface area (TPSA) is 86.3 Å². The van der Waals surface area contributed by atoms with E-state index in [0.29, 0.717) is 6.42 Å². The van der Waals surface area contributed by atoms with Crippen LogP contribution >= 0.6 is 11.3 Å². The molecule has 3 aromatic rings. The van der Waals surface area contributed by atoms with Crippen LogP contribution in [0.2, 0.25) is 0 Å². The van der Waals surface area contributed by atoms with E-state index in [-0.39, 0.29) is 12.8 Å². The van der Waals surface area contributed by atoms with Gasteiger partial charge >= 0.3 is 5.97 Å². The molecule has 0 atom stereocenters. The molecular weight excluding hydrogens is 378 g/mol. The SMILES string of the molecule is COC(=O)CCCCc1nc(-c2ccc3c(c2)OCO3)c(-c2nc(C)cs2)[nH]1. The number of thiazole rings is 1.